The van der Waals surface area contributed by atoms with Crippen LogP contribution < -0.4 is 20.9 Å². The second-order valence-corrected chi connectivity index (χ2v) is 17.0. The molecule has 0 aliphatic carbocycles. The predicted octanol–water partition coefficient (Wildman–Crippen LogP) is 7.46. The van der Waals surface area contributed by atoms with E-state index in [9.17, 15) is 9.90 Å². The van der Waals surface area contributed by atoms with E-state index in [1.54, 1.807) is 12.1 Å². The smallest absolute Gasteiger partial charge is 0.253 e. The summed E-state index contributed by atoms with van der Waals surface area (Å²) < 4.78 is 2.60. The van der Waals surface area contributed by atoms with Crippen LogP contribution in [0.4, 0.5) is 17.2 Å². The van der Waals surface area contributed by atoms with Crippen molar-refractivity contribution in [3.05, 3.63) is 107 Å². The van der Waals surface area contributed by atoms with Crippen LogP contribution >= 0.6 is 0 Å². The second-order valence-electron chi connectivity index (χ2n) is 17.0. The van der Waals surface area contributed by atoms with Gasteiger partial charge in [-0.25, -0.2) is 0 Å². The van der Waals surface area contributed by atoms with Gasteiger partial charge in [0.05, 0.1) is 29.3 Å². The molecular formula is C47H57N9O2. The van der Waals surface area contributed by atoms with Crippen LogP contribution in [0.5, 0.6) is 5.75 Å². The standard InChI is InChI=1S/C47H57N9O2/c1-32-26-35(13-14-38(32)36-8-6-20-54(30-36)44-28-41(50-51-46(44)48)39-9-3-4-12-45(39)57)47(58)53-24-15-34(16-25-53)29-52-22-17-37(18-23-52)56-33(2)27-40-42(10-5-11-43(40)56)55-21-7-19-49-31-55/h3-5,7,9-14,21,26-28,34,36-37,49,57H,6,8,15-20,22-25,29-31H2,1-2H3,(H2,48,51). The van der Waals surface area contributed by atoms with Gasteiger partial charge in [0, 0.05) is 92.7 Å². The van der Waals surface area contributed by atoms with E-state index in [0.29, 0.717) is 35.0 Å². The van der Waals surface area contributed by atoms with Gasteiger partial charge in [0.1, 0.15) is 5.75 Å². The Morgan fingerprint density at radius 1 is 0.879 bits per heavy atom. The van der Waals surface area contributed by atoms with Crippen molar-refractivity contribution in [1.29, 1.82) is 0 Å². The van der Waals surface area contributed by atoms with E-state index in [4.69, 9.17) is 5.73 Å². The predicted molar refractivity (Wildman–Crippen MR) is 233 cm³/mol. The number of carbonyl (C=O) groups excluding carboxylic acids is 1. The van der Waals surface area contributed by atoms with E-state index >= 15 is 0 Å². The average molecular weight is 780 g/mol. The maximum absolute atomic E-state index is 13.8. The fourth-order valence-corrected chi connectivity index (χ4v) is 10.2. The third-order valence-corrected chi connectivity index (χ3v) is 13.2. The highest BCUT2D eigenvalue weighted by molar-refractivity contribution is 5.95. The Balaban J connectivity index is 0.778. The van der Waals surface area contributed by atoms with E-state index in [1.807, 2.05) is 24.3 Å². The lowest BCUT2D eigenvalue weighted by Crippen LogP contribution is -2.43. The highest BCUT2D eigenvalue weighted by Crippen LogP contribution is 2.38. The maximum atomic E-state index is 13.8. The zero-order valence-electron chi connectivity index (χ0n) is 34.0. The van der Waals surface area contributed by atoms with Crippen LogP contribution in [0.3, 0.4) is 0 Å². The molecule has 5 aromatic rings. The minimum Gasteiger partial charge on any atom is -0.507 e. The number of hydrogen-bond acceptors (Lipinski definition) is 9. The molecule has 1 amide bonds. The first-order valence-electron chi connectivity index (χ1n) is 21.3. The van der Waals surface area contributed by atoms with Crippen molar-refractivity contribution in [3.63, 3.8) is 0 Å². The number of piperidine rings is 3. The van der Waals surface area contributed by atoms with Crippen molar-refractivity contribution in [2.45, 2.75) is 64.3 Å². The molecule has 3 saturated heterocycles. The summed E-state index contributed by atoms with van der Waals surface area (Å²) in [5.74, 6) is 1.64. The van der Waals surface area contributed by atoms with Crippen molar-refractivity contribution in [3.8, 4) is 17.0 Å². The van der Waals surface area contributed by atoms with Crippen LogP contribution in [0, 0.1) is 19.8 Å². The number of benzene rings is 3. The van der Waals surface area contributed by atoms with Gasteiger partial charge < -0.3 is 35.0 Å². The molecular weight excluding hydrogens is 723 g/mol. The number of nitrogen functional groups attached to an aromatic ring is 1. The number of phenolic OH excluding ortho intramolecular Hbond substituents is 1. The molecule has 0 bridgehead atoms. The number of likely N-dealkylation sites (tertiary alicyclic amines) is 2. The number of nitrogens with zero attached hydrogens (tertiary/aromatic N) is 7. The number of aromatic nitrogens is 3. The van der Waals surface area contributed by atoms with Crippen LogP contribution in [-0.2, 0) is 0 Å². The van der Waals surface area contributed by atoms with Crippen LogP contribution in [0.2, 0.25) is 0 Å². The Kier molecular flexibility index (Phi) is 10.8. The zero-order valence-corrected chi connectivity index (χ0v) is 34.0. The number of nitrogens with one attached hydrogen (secondary N) is 1. The van der Waals surface area contributed by atoms with Gasteiger partial charge in [0.2, 0.25) is 0 Å². The number of carbonyl (C=O) groups is 1. The summed E-state index contributed by atoms with van der Waals surface area (Å²) in [7, 11) is 0. The van der Waals surface area contributed by atoms with Gasteiger partial charge in [0.15, 0.2) is 5.82 Å². The number of aromatic hydroxyl groups is 1. The number of rotatable bonds is 8. The molecule has 4 aliphatic heterocycles. The second kappa shape index (κ2) is 16.5. The molecule has 6 heterocycles. The zero-order chi connectivity index (χ0) is 39.8. The molecule has 4 aliphatic rings. The van der Waals surface area contributed by atoms with Gasteiger partial charge >= 0.3 is 0 Å². The summed E-state index contributed by atoms with van der Waals surface area (Å²) in [6.07, 6.45) is 10.9. The first-order chi connectivity index (χ1) is 28.3. The molecule has 3 fully saturated rings. The van der Waals surface area contributed by atoms with Crippen molar-refractivity contribution < 1.29 is 9.90 Å². The highest BCUT2D eigenvalue weighted by Gasteiger charge is 2.30. The Bertz CT molecular complexity index is 2300. The van der Waals surface area contributed by atoms with Crippen LogP contribution in [0.1, 0.15) is 77.7 Å². The van der Waals surface area contributed by atoms with Crippen molar-refractivity contribution >= 4 is 34.0 Å². The van der Waals surface area contributed by atoms with Gasteiger partial charge in [-0.15, -0.1) is 10.2 Å². The van der Waals surface area contributed by atoms with Crippen molar-refractivity contribution in [2.24, 2.45) is 5.92 Å². The summed E-state index contributed by atoms with van der Waals surface area (Å²) in [6, 6.07) is 25.1. The minimum absolute atomic E-state index is 0.150. The quantitative estimate of drug-likeness (QED) is 0.148. The lowest BCUT2D eigenvalue weighted by molar-refractivity contribution is 0.0653. The monoisotopic (exact) mass is 779 g/mol. The molecule has 2 aromatic heterocycles. The topological polar surface area (TPSA) is 119 Å². The molecule has 58 heavy (non-hydrogen) atoms. The normalized spacial score (nSPS) is 20.0. The van der Waals surface area contributed by atoms with Crippen LogP contribution in [0.15, 0.2) is 85.1 Å². The van der Waals surface area contributed by atoms with E-state index in [0.717, 1.165) is 102 Å². The lowest BCUT2D eigenvalue weighted by Gasteiger charge is -2.38. The molecule has 4 N–H and O–H groups in total. The maximum Gasteiger partial charge on any atom is 0.253 e. The number of fused-ring (bicyclic) bond motifs is 1. The molecule has 11 heteroatoms. The highest BCUT2D eigenvalue weighted by atomic mass is 16.3. The van der Waals surface area contributed by atoms with Gasteiger partial charge in [0.25, 0.3) is 5.91 Å². The number of aryl methyl sites for hydroxylation is 2. The van der Waals surface area contributed by atoms with Crippen LogP contribution in [-0.4, -0.2) is 94.6 Å². The molecule has 0 radical (unpaired) electrons. The molecule has 3 aromatic carbocycles. The number of phenols is 1. The number of nitrogens with two attached hydrogens (primary N) is 1. The summed E-state index contributed by atoms with van der Waals surface area (Å²) >= 11 is 0. The Morgan fingerprint density at radius 2 is 1.71 bits per heavy atom. The summed E-state index contributed by atoms with van der Waals surface area (Å²) in [5.41, 5.74) is 15.6. The first-order valence-corrected chi connectivity index (χ1v) is 21.3. The van der Waals surface area contributed by atoms with Gasteiger partial charge in [-0.3, -0.25) is 10.1 Å². The summed E-state index contributed by atoms with van der Waals surface area (Å²) in [6.45, 7) is 12.9. The lowest BCUT2D eigenvalue weighted by atomic mass is 9.86. The number of amides is 1. The fourth-order valence-electron chi connectivity index (χ4n) is 10.2. The van der Waals surface area contributed by atoms with Gasteiger partial charge in [-0.2, -0.15) is 0 Å². The number of anilines is 3. The Labute approximate surface area is 342 Å². The van der Waals surface area contributed by atoms with Gasteiger partial charge in [-0.05, 0) is 118 Å². The SMILES string of the molecule is Cc1cc(C(=O)N2CCC(CN3CCC(n4c(C)cc5c(N6C=CCNC6)cccc54)CC3)CC2)ccc1C1CCCN(c2cc(-c3ccccc3O)nnc2N)C1. The largest absolute Gasteiger partial charge is 0.507 e. The van der Waals surface area contributed by atoms with Crippen molar-refractivity contribution in [2.75, 3.05) is 74.6 Å². The summed E-state index contributed by atoms with van der Waals surface area (Å²) in [4.78, 5) is 23.2. The van der Waals surface area contributed by atoms with E-state index in [1.165, 1.54) is 40.7 Å². The number of hydrogen-bond donors (Lipinski definition) is 3. The molecule has 0 saturated carbocycles. The third-order valence-electron chi connectivity index (χ3n) is 13.2. The number of para-hydroxylation sites is 1. The average Bonchev–Trinajstić information content (AvgIpc) is 3.60. The fraction of sp³-hybridized carbons (Fsp3) is 0.426. The molecule has 9 rings (SSSR count). The van der Waals surface area contributed by atoms with Crippen LogP contribution in [0.25, 0.3) is 22.2 Å². The molecule has 1 unspecified atom stereocenters. The molecule has 1 atom stereocenters. The third kappa shape index (κ3) is 7.65. The first kappa shape index (κ1) is 38.1. The van der Waals surface area contributed by atoms with Gasteiger partial charge in [-0.1, -0.05) is 30.3 Å². The Morgan fingerprint density at radius 3 is 2.48 bits per heavy atom. The van der Waals surface area contributed by atoms with Crippen molar-refractivity contribution in [1.82, 2.24) is 29.9 Å². The van der Waals surface area contributed by atoms with E-state index in [2.05, 4.69) is 102 Å². The molecule has 11 nitrogen and oxygen atoms in total. The molecule has 302 valence electrons. The minimum atomic E-state index is 0.150. The van der Waals surface area contributed by atoms with E-state index in [-0.39, 0.29) is 11.7 Å². The molecule has 0 spiro atoms. The summed E-state index contributed by atoms with van der Waals surface area (Å²) in [5, 5.41) is 23.8. The Hall–Kier alpha value is -5.39. The van der Waals surface area contributed by atoms with E-state index < -0.39 is 0 Å².